The second-order valence-corrected chi connectivity index (χ2v) is 9.00. The minimum Gasteiger partial charge on any atom is -0.256 e. The van der Waals surface area contributed by atoms with Crippen LogP contribution in [-0.2, 0) is 0 Å². The van der Waals surface area contributed by atoms with Gasteiger partial charge in [0.1, 0.15) is 0 Å². The number of hydrogen-bond acceptors (Lipinski definition) is 4. The van der Waals surface area contributed by atoms with Gasteiger partial charge in [0.15, 0.2) is 17.5 Å². The first-order valence-corrected chi connectivity index (χ1v) is 12.3. The lowest BCUT2D eigenvalue weighted by molar-refractivity contribution is 1.07. The van der Waals surface area contributed by atoms with Gasteiger partial charge in [0.2, 0.25) is 0 Å². The molecule has 0 aliphatic heterocycles. The van der Waals surface area contributed by atoms with E-state index < -0.39 is 0 Å². The number of aromatic nitrogens is 4. The summed E-state index contributed by atoms with van der Waals surface area (Å²) in [6.45, 7) is 0. The summed E-state index contributed by atoms with van der Waals surface area (Å²) in [4.78, 5) is 18.9. The highest BCUT2D eigenvalue weighted by Crippen LogP contribution is 2.32. The van der Waals surface area contributed by atoms with Crippen molar-refractivity contribution < 1.29 is 0 Å². The van der Waals surface area contributed by atoms with Crippen LogP contribution in [0, 0.1) is 0 Å². The zero-order valence-electron chi connectivity index (χ0n) is 19.8. The summed E-state index contributed by atoms with van der Waals surface area (Å²) in [6.07, 6.45) is 1.80. The predicted molar refractivity (Wildman–Crippen MR) is 150 cm³/mol. The third-order valence-electron chi connectivity index (χ3n) is 6.03. The highest BCUT2D eigenvalue weighted by atomic mass is 35.5. The summed E-state index contributed by atoms with van der Waals surface area (Å²) >= 11 is 6.61. The Morgan fingerprint density at radius 1 is 0.405 bits per heavy atom. The lowest BCUT2D eigenvalue weighted by Gasteiger charge is -2.11. The predicted octanol–water partition coefficient (Wildman–Crippen LogP) is 8.26. The Hall–Kier alpha value is -4.67. The number of benzene rings is 4. The van der Waals surface area contributed by atoms with Crippen molar-refractivity contribution in [1.29, 1.82) is 0 Å². The van der Waals surface area contributed by atoms with E-state index in [4.69, 9.17) is 26.6 Å². The molecular weight excluding hydrogens is 476 g/mol. The van der Waals surface area contributed by atoms with Gasteiger partial charge < -0.3 is 0 Å². The molecule has 4 aromatic carbocycles. The topological polar surface area (TPSA) is 51.6 Å². The van der Waals surface area contributed by atoms with E-state index >= 15 is 0 Å². The monoisotopic (exact) mass is 496 g/mol. The van der Waals surface area contributed by atoms with Crippen LogP contribution in [0.15, 0.2) is 128 Å². The summed E-state index contributed by atoms with van der Waals surface area (Å²) in [5.74, 6) is 1.80. The third kappa shape index (κ3) is 5.01. The van der Waals surface area contributed by atoms with Crippen LogP contribution in [0.5, 0.6) is 0 Å². The van der Waals surface area contributed by atoms with E-state index in [9.17, 15) is 0 Å². The molecule has 0 radical (unpaired) electrons. The van der Waals surface area contributed by atoms with Crippen LogP contribution in [-0.4, -0.2) is 19.9 Å². The van der Waals surface area contributed by atoms with Crippen LogP contribution < -0.4 is 0 Å². The van der Waals surface area contributed by atoms with Crippen molar-refractivity contribution in [3.05, 3.63) is 133 Å². The fourth-order valence-electron chi connectivity index (χ4n) is 4.19. The van der Waals surface area contributed by atoms with Gasteiger partial charge in [0.25, 0.3) is 0 Å². The largest absolute Gasteiger partial charge is 0.256 e. The molecule has 0 unspecified atom stereocenters. The van der Waals surface area contributed by atoms with Crippen molar-refractivity contribution in [2.24, 2.45) is 0 Å². The van der Waals surface area contributed by atoms with Crippen LogP contribution in [0.1, 0.15) is 0 Å². The maximum Gasteiger partial charge on any atom is 0.164 e. The van der Waals surface area contributed by atoms with Gasteiger partial charge >= 0.3 is 0 Å². The number of pyridine rings is 1. The van der Waals surface area contributed by atoms with E-state index in [1.54, 1.807) is 6.20 Å². The molecule has 0 amide bonds. The summed E-state index contributed by atoms with van der Waals surface area (Å²) in [6, 6.07) is 40.0. The maximum absolute atomic E-state index is 6.61. The van der Waals surface area contributed by atoms with Crippen molar-refractivity contribution in [2.75, 3.05) is 0 Å². The van der Waals surface area contributed by atoms with E-state index in [0.29, 0.717) is 22.5 Å². The second kappa shape index (κ2) is 10.1. The molecule has 2 aromatic heterocycles. The summed E-state index contributed by atoms with van der Waals surface area (Å²) in [7, 11) is 0. The van der Waals surface area contributed by atoms with Gasteiger partial charge in [0.05, 0.1) is 5.69 Å². The van der Waals surface area contributed by atoms with Crippen LogP contribution in [0.3, 0.4) is 0 Å². The molecule has 37 heavy (non-hydrogen) atoms. The molecule has 5 heteroatoms. The Morgan fingerprint density at radius 3 is 1.49 bits per heavy atom. The molecule has 0 aliphatic carbocycles. The molecule has 0 aliphatic rings. The van der Waals surface area contributed by atoms with Gasteiger partial charge in [-0.25, -0.2) is 15.0 Å². The Kier molecular flexibility index (Phi) is 6.24. The lowest BCUT2D eigenvalue weighted by atomic mass is 10.0. The van der Waals surface area contributed by atoms with E-state index in [0.717, 1.165) is 39.1 Å². The van der Waals surface area contributed by atoms with Crippen molar-refractivity contribution in [3.63, 3.8) is 0 Å². The summed E-state index contributed by atoms with van der Waals surface area (Å²) < 4.78 is 0. The third-order valence-corrected chi connectivity index (χ3v) is 6.25. The number of hydrogen-bond donors (Lipinski definition) is 0. The van der Waals surface area contributed by atoms with E-state index in [-0.39, 0.29) is 0 Å². The molecule has 0 N–H and O–H groups in total. The van der Waals surface area contributed by atoms with Crippen LogP contribution in [0.4, 0.5) is 0 Å². The van der Waals surface area contributed by atoms with Crippen LogP contribution >= 0.6 is 11.6 Å². The number of rotatable bonds is 5. The average molecular weight is 497 g/mol. The molecule has 6 rings (SSSR count). The SMILES string of the molecule is Clc1cc(-c2ccc(-c3ccccn3)cc2)cc(-c2nc(-c3ccccc3)nc(-c3ccccc3)n2)c1. The van der Waals surface area contributed by atoms with Crippen LogP contribution in [0.25, 0.3) is 56.5 Å². The molecule has 176 valence electrons. The zero-order valence-corrected chi connectivity index (χ0v) is 20.5. The molecule has 0 saturated heterocycles. The minimum absolute atomic E-state index is 0.571. The normalized spacial score (nSPS) is 10.8. The van der Waals surface area contributed by atoms with Crippen molar-refractivity contribution in [1.82, 2.24) is 19.9 Å². The first-order chi connectivity index (χ1) is 18.2. The number of nitrogens with zero attached hydrogens (tertiary/aromatic N) is 4. The van der Waals surface area contributed by atoms with Gasteiger partial charge in [-0.2, -0.15) is 0 Å². The molecule has 0 bridgehead atoms. The summed E-state index contributed by atoms with van der Waals surface area (Å²) in [5, 5.41) is 0.615. The Labute approximate surface area is 220 Å². The quantitative estimate of drug-likeness (QED) is 0.241. The maximum atomic E-state index is 6.61. The Balaban J connectivity index is 1.44. The van der Waals surface area contributed by atoms with Crippen molar-refractivity contribution >= 4 is 11.6 Å². The Morgan fingerprint density at radius 2 is 0.919 bits per heavy atom. The first-order valence-electron chi connectivity index (χ1n) is 11.9. The minimum atomic E-state index is 0.571. The molecule has 0 atom stereocenters. The fraction of sp³-hybridized carbons (Fsp3) is 0. The Bertz CT molecular complexity index is 1600. The molecule has 0 spiro atoms. The van der Waals surface area contributed by atoms with E-state index in [1.165, 1.54) is 0 Å². The molecule has 4 nitrogen and oxygen atoms in total. The zero-order chi connectivity index (χ0) is 25.0. The standard InChI is InChI=1S/C32H21ClN4/c33-28-20-26(22-14-16-23(17-15-22)29-13-7-8-18-34-29)19-27(21-28)32-36-30(24-9-3-1-4-10-24)35-31(37-32)25-11-5-2-6-12-25/h1-21H. The summed E-state index contributed by atoms with van der Waals surface area (Å²) in [5.41, 5.74) is 6.71. The van der Waals surface area contributed by atoms with Crippen molar-refractivity contribution in [3.8, 4) is 56.5 Å². The van der Waals surface area contributed by atoms with Crippen molar-refractivity contribution in [2.45, 2.75) is 0 Å². The molecule has 6 aromatic rings. The highest BCUT2D eigenvalue weighted by molar-refractivity contribution is 6.31. The fourth-order valence-corrected chi connectivity index (χ4v) is 4.43. The average Bonchev–Trinajstić information content (AvgIpc) is 2.98. The molecular formula is C32H21ClN4. The number of halogens is 1. The van der Waals surface area contributed by atoms with Gasteiger partial charge in [-0.3, -0.25) is 4.98 Å². The first kappa shape index (κ1) is 22.8. The van der Waals surface area contributed by atoms with Crippen LogP contribution in [0.2, 0.25) is 5.02 Å². The van der Waals surface area contributed by atoms with Gasteiger partial charge in [-0.15, -0.1) is 0 Å². The molecule has 0 saturated carbocycles. The van der Waals surface area contributed by atoms with Gasteiger partial charge in [-0.05, 0) is 41.5 Å². The van der Waals surface area contributed by atoms with Gasteiger partial charge in [0, 0.05) is 33.5 Å². The smallest absolute Gasteiger partial charge is 0.164 e. The van der Waals surface area contributed by atoms with Gasteiger partial charge in [-0.1, -0.05) is 103 Å². The van der Waals surface area contributed by atoms with E-state index in [1.807, 2.05) is 91.0 Å². The second-order valence-electron chi connectivity index (χ2n) is 8.56. The highest BCUT2D eigenvalue weighted by Gasteiger charge is 2.14. The lowest BCUT2D eigenvalue weighted by Crippen LogP contribution is -2.00. The molecule has 2 heterocycles. The molecule has 0 fully saturated rings. The van der Waals surface area contributed by atoms with E-state index in [2.05, 4.69) is 35.3 Å².